The third-order valence-electron chi connectivity index (χ3n) is 3.25. The van der Waals surface area contributed by atoms with Crippen molar-refractivity contribution in [3.8, 4) is 12.3 Å². The van der Waals surface area contributed by atoms with Crippen molar-refractivity contribution in [2.75, 3.05) is 0 Å². The van der Waals surface area contributed by atoms with Crippen LogP contribution in [0.3, 0.4) is 0 Å². The third kappa shape index (κ3) is 10.1. The number of hydrogen-bond donors (Lipinski definition) is 0. The summed E-state index contributed by atoms with van der Waals surface area (Å²) in [5.41, 5.74) is 1.09. The fraction of sp³-hybridized carbons (Fsp3) is 0.833. The van der Waals surface area contributed by atoms with Crippen LogP contribution < -0.4 is 0 Å². The summed E-state index contributed by atoms with van der Waals surface area (Å²) in [6.45, 7) is 9.47. The van der Waals surface area contributed by atoms with Crippen LogP contribution in [-0.2, 0) is 20.4 Å². The Labute approximate surface area is 128 Å². The molecule has 1 rings (SSSR count). The van der Waals surface area contributed by atoms with Crippen molar-refractivity contribution in [1.82, 2.24) is 0 Å². The summed E-state index contributed by atoms with van der Waals surface area (Å²) >= 11 is 0. The van der Waals surface area contributed by atoms with Gasteiger partial charge in [0.1, 0.15) is 0 Å². The average Bonchev–Trinajstić information content (AvgIpc) is 2.11. The first-order chi connectivity index (χ1) is 6.04. The molecule has 0 aromatic carbocycles. The largest absolute Gasteiger partial charge is 0.120 e. The van der Waals surface area contributed by atoms with Gasteiger partial charge < -0.3 is 0 Å². The maximum Gasteiger partial charge on any atom is 0.0502 e. The predicted octanol–water partition coefficient (Wildman–Crippen LogP) is 4.91. The van der Waals surface area contributed by atoms with Crippen LogP contribution in [0.1, 0.15) is 39.5 Å². The van der Waals surface area contributed by atoms with Gasteiger partial charge in [0.15, 0.2) is 0 Å². The molecule has 0 amide bonds. The topological polar surface area (TPSA) is 0 Å². The SMILES string of the molecule is C#CCC.CC1CCCC[Si]1(C)C.I.[Pd]. The molecule has 0 radical (unpaired) electrons. The summed E-state index contributed by atoms with van der Waals surface area (Å²) in [5, 5.41) is 0. The summed E-state index contributed by atoms with van der Waals surface area (Å²) in [4.78, 5) is 0. The molecule has 0 aromatic heterocycles. The van der Waals surface area contributed by atoms with Gasteiger partial charge in [-0.25, -0.2) is 0 Å². The fourth-order valence-electron chi connectivity index (χ4n) is 1.67. The van der Waals surface area contributed by atoms with Crippen LogP contribution in [0.4, 0.5) is 0 Å². The van der Waals surface area contributed by atoms with E-state index in [9.17, 15) is 0 Å². The minimum absolute atomic E-state index is 0. The Hall–Kier alpha value is 1.17. The maximum absolute atomic E-state index is 4.78. The summed E-state index contributed by atoms with van der Waals surface area (Å²) in [6.07, 6.45) is 10.2. The molecule has 1 fully saturated rings. The van der Waals surface area contributed by atoms with E-state index >= 15 is 0 Å². The van der Waals surface area contributed by atoms with Crippen LogP contribution in [0, 0.1) is 12.3 Å². The average molecular weight is 431 g/mol. The van der Waals surface area contributed by atoms with Gasteiger partial charge in [0.05, 0.1) is 8.07 Å². The van der Waals surface area contributed by atoms with Crippen molar-refractivity contribution >= 4 is 32.1 Å². The van der Waals surface area contributed by atoms with Gasteiger partial charge in [-0.1, -0.05) is 52.2 Å². The van der Waals surface area contributed by atoms with Gasteiger partial charge in [-0.3, -0.25) is 0 Å². The van der Waals surface area contributed by atoms with Crippen LogP contribution in [-0.4, -0.2) is 8.07 Å². The molecule has 15 heavy (non-hydrogen) atoms. The van der Waals surface area contributed by atoms with Gasteiger partial charge in [-0.2, -0.15) is 0 Å². The second kappa shape index (κ2) is 11.6. The first kappa shape index (κ1) is 21.5. The molecular formula is C12H25IPdSi. The Morgan fingerprint density at radius 2 is 1.80 bits per heavy atom. The van der Waals surface area contributed by atoms with E-state index in [1.807, 2.05) is 6.92 Å². The van der Waals surface area contributed by atoms with Gasteiger partial charge in [-0.05, 0) is 5.54 Å². The predicted molar refractivity (Wildman–Crippen MR) is 80.1 cm³/mol. The van der Waals surface area contributed by atoms with Crippen molar-refractivity contribution in [1.29, 1.82) is 0 Å². The van der Waals surface area contributed by atoms with Crippen molar-refractivity contribution in [2.45, 2.75) is 64.2 Å². The van der Waals surface area contributed by atoms with Gasteiger partial charge in [0.25, 0.3) is 0 Å². The second-order valence-electron chi connectivity index (χ2n) is 4.69. The van der Waals surface area contributed by atoms with Crippen LogP contribution in [0.2, 0.25) is 24.7 Å². The van der Waals surface area contributed by atoms with E-state index in [-0.39, 0.29) is 44.4 Å². The maximum atomic E-state index is 4.78. The molecule has 94 valence electrons. The third-order valence-corrected chi connectivity index (χ3v) is 7.85. The molecule has 0 saturated carbocycles. The monoisotopic (exact) mass is 430 g/mol. The van der Waals surface area contributed by atoms with Crippen molar-refractivity contribution in [2.24, 2.45) is 0 Å². The Balaban J connectivity index is -0.000000213. The summed E-state index contributed by atoms with van der Waals surface area (Å²) in [5.74, 6) is 2.43. The normalized spacial score (nSPS) is 21.9. The number of rotatable bonds is 0. The molecule has 0 spiro atoms. The standard InChI is InChI=1S/C8H18Si.C4H6.HI.Pd/c1-8-6-4-5-7-9(8,2)3;1-3-4-2;;/h8H,4-7H2,1-3H3;1H,4H2,2H3;1H;. The first-order valence-electron chi connectivity index (χ1n) is 5.48. The van der Waals surface area contributed by atoms with E-state index in [4.69, 9.17) is 6.42 Å². The molecular weight excluding hydrogens is 406 g/mol. The van der Waals surface area contributed by atoms with Crippen LogP contribution >= 0.6 is 24.0 Å². The Kier molecular flexibility index (Phi) is 16.7. The van der Waals surface area contributed by atoms with Crippen molar-refractivity contribution in [3.63, 3.8) is 0 Å². The van der Waals surface area contributed by atoms with Crippen LogP contribution in [0.25, 0.3) is 0 Å². The molecule has 3 heteroatoms. The molecule has 1 aliphatic heterocycles. The molecule has 1 unspecified atom stereocenters. The minimum Gasteiger partial charge on any atom is -0.120 e. The van der Waals surface area contributed by atoms with Gasteiger partial charge in [0.2, 0.25) is 0 Å². The number of terminal acetylenes is 1. The molecule has 0 aliphatic carbocycles. The fourth-order valence-corrected chi connectivity index (χ4v) is 4.31. The molecule has 0 N–H and O–H groups in total. The second-order valence-corrected chi connectivity index (χ2v) is 10.2. The molecule has 0 aromatic rings. The minimum atomic E-state index is -0.694. The van der Waals surface area contributed by atoms with E-state index in [0.717, 1.165) is 12.0 Å². The molecule has 1 aliphatic rings. The van der Waals surface area contributed by atoms with Gasteiger partial charge >= 0.3 is 0 Å². The van der Waals surface area contributed by atoms with Crippen LogP contribution in [0.15, 0.2) is 0 Å². The van der Waals surface area contributed by atoms with Crippen molar-refractivity contribution in [3.05, 3.63) is 0 Å². The molecule has 1 heterocycles. The van der Waals surface area contributed by atoms with E-state index in [1.165, 1.54) is 19.3 Å². The van der Waals surface area contributed by atoms with E-state index in [1.54, 1.807) is 6.04 Å². The number of halogens is 1. The zero-order chi connectivity index (χ0) is 10.3. The Morgan fingerprint density at radius 3 is 2.00 bits per heavy atom. The van der Waals surface area contributed by atoms with Crippen LogP contribution in [0.5, 0.6) is 0 Å². The summed E-state index contributed by atoms with van der Waals surface area (Å²) in [6, 6.07) is 1.58. The zero-order valence-electron chi connectivity index (χ0n) is 10.4. The van der Waals surface area contributed by atoms with Crippen molar-refractivity contribution < 1.29 is 20.4 Å². The van der Waals surface area contributed by atoms with Gasteiger partial charge in [0, 0.05) is 26.8 Å². The first-order valence-corrected chi connectivity index (χ1v) is 8.76. The van der Waals surface area contributed by atoms with E-state index < -0.39 is 8.07 Å². The Bertz CT molecular complexity index is 175. The van der Waals surface area contributed by atoms with E-state index in [2.05, 4.69) is 25.9 Å². The molecule has 0 bridgehead atoms. The van der Waals surface area contributed by atoms with E-state index in [0.29, 0.717) is 0 Å². The summed E-state index contributed by atoms with van der Waals surface area (Å²) in [7, 11) is -0.694. The molecule has 1 atom stereocenters. The Morgan fingerprint density at radius 1 is 1.33 bits per heavy atom. The van der Waals surface area contributed by atoms with Gasteiger partial charge in [-0.15, -0.1) is 36.3 Å². The quantitative estimate of drug-likeness (QED) is 0.291. The smallest absolute Gasteiger partial charge is 0.0502 e. The number of hydrogen-bond acceptors (Lipinski definition) is 0. The molecule has 1 saturated heterocycles. The molecule has 0 nitrogen and oxygen atoms in total. The summed E-state index contributed by atoms with van der Waals surface area (Å²) < 4.78 is 0. The zero-order valence-corrected chi connectivity index (χ0v) is 15.3.